The molecule has 8 heteroatoms. The van der Waals surface area contributed by atoms with Crippen molar-refractivity contribution in [2.75, 3.05) is 25.7 Å². The van der Waals surface area contributed by atoms with Gasteiger partial charge in [0.25, 0.3) is 11.8 Å². The van der Waals surface area contributed by atoms with Crippen LogP contribution < -0.4 is 24.4 Å². The van der Waals surface area contributed by atoms with Crippen molar-refractivity contribution in [3.63, 3.8) is 0 Å². The van der Waals surface area contributed by atoms with Gasteiger partial charge in [-0.2, -0.15) is 0 Å². The maximum atomic E-state index is 13.0. The first-order chi connectivity index (χ1) is 15.0. The third kappa shape index (κ3) is 4.85. The minimum Gasteiger partial charge on any atom is -0.494 e. The fourth-order valence-corrected chi connectivity index (χ4v) is 3.03. The number of nitrogens with zero attached hydrogens (tertiary/aromatic N) is 1. The van der Waals surface area contributed by atoms with E-state index in [0.717, 1.165) is 17.7 Å². The van der Waals surface area contributed by atoms with Crippen LogP contribution in [0.1, 0.15) is 25.3 Å². The Morgan fingerprint density at radius 1 is 0.968 bits per heavy atom. The highest BCUT2D eigenvalue weighted by Crippen LogP contribution is 2.29. The number of ether oxygens (including phenoxy) is 3. The van der Waals surface area contributed by atoms with E-state index in [1.807, 2.05) is 0 Å². The molecule has 2 aromatic carbocycles. The normalized spacial score (nSPS) is 15.1. The predicted molar refractivity (Wildman–Crippen MR) is 115 cm³/mol. The average Bonchev–Trinajstić information content (AvgIpc) is 2.77. The molecule has 0 atom stereocenters. The second-order valence-electron chi connectivity index (χ2n) is 6.77. The number of unbranched alkanes of at least 4 members (excludes halogenated alkanes) is 1. The monoisotopic (exact) mass is 424 g/mol. The van der Waals surface area contributed by atoms with Crippen molar-refractivity contribution in [3.8, 4) is 17.2 Å². The van der Waals surface area contributed by atoms with Crippen LogP contribution in [0.25, 0.3) is 6.08 Å². The van der Waals surface area contributed by atoms with Crippen molar-refractivity contribution in [3.05, 3.63) is 53.6 Å². The Labute approximate surface area is 180 Å². The number of benzene rings is 2. The highest BCUT2D eigenvalue weighted by atomic mass is 16.5. The van der Waals surface area contributed by atoms with E-state index in [1.165, 1.54) is 20.3 Å². The number of urea groups is 1. The molecule has 0 unspecified atom stereocenters. The van der Waals surface area contributed by atoms with Crippen LogP contribution in [0, 0.1) is 0 Å². The molecular weight excluding hydrogens is 400 g/mol. The average molecular weight is 424 g/mol. The van der Waals surface area contributed by atoms with Crippen molar-refractivity contribution in [2.45, 2.75) is 19.8 Å². The Morgan fingerprint density at radius 3 is 2.32 bits per heavy atom. The van der Waals surface area contributed by atoms with Crippen LogP contribution >= 0.6 is 0 Å². The lowest BCUT2D eigenvalue weighted by atomic mass is 10.1. The first-order valence-corrected chi connectivity index (χ1v) is 9.84. The summed E-state index contributed by atoms with van der Waals surface area (Å²) in [6, 6.07) is 10.7. The molecular formula is C23H24N2O6. The third-order valence-electron chi connectivity index (χ3n) is 4.68. The first-order valence-electron chi connectivity index (χ1n) is 9.84. The number of amides is 4. The summed E-state index contributed by atoms with van der Waals surface area (Å²) < 4.78 is 16.1. The number of barbiturate groups is 1. The maximum absolute atomic E-state index is 13.0. The zero-order chi connectivity index (χ0) is 22.4. The fraction of sp³-hybridized carbons (Fsp3) is 0.261. The van der Waals surface area contributed by atoms with Crippen molar-refractivity contribution in [2.24, 2.45) is 0 Å². The zero-order valence-electron chi connectivity index (χ0n) is 17.6. The molecule has 0 aromatic heterocycles. The van der Waals surface area contributed by atoms with Crippen LogP contribution in [-0.2, 0) is 9.59 Å². The van der Waals surface area contributed by atoms with Gasteiger partial charge in [-0.1, -0.05) is 19.4 Å². The molecule has 0 bridgehead atoms. The summed E-state index contributed by atoms with van der Waals surface area (Å²) >= 11 is 0. The number of imide groups is 2. The van der Waals surface area contributed by atoms with E-state index in [1.54, 1.807) is 42.5 Å². The molecule has 31 heavy (non-hydrogen) atoms. The van der Waals surface area contributed by atoms with Gasteiger partial charge in [0.15, 0.2) is 11.5 Å². The molecule has 1 fully saturated rings. The first kappa shape index (κ1) is 21.9. The number of hydrogen-bond acceptors (Lipinski definition) is 6. The van der Waals surface area contributed by atoms with Crippen molar-refractivity contribution >= 4 is 29.6 Å². The van der Waals surface area contributed by atoms with Gasteiger partial charge >= 0.3 is 6.03 Å². The number of methoxy groups -OCH3 is 2. The molecule has 1 saturated heterocycles. The Kier molecular flexibility index (Phi) is 6.92. The number of rotatable bonds is 8. The second-order valence-corrected chi connectivity index (χ2v) is 6.77. The third-order valence-corrected chi connectivity index (χ3v) is 4.68. The van der Waals surface area contributed by atoms with Crippen LogP contribution in [-0.4, -0.2) is 38.7 Å². The molecule has 3 rings (SSSR count). The largest absolute Gasteiger partial charge is 0.494 e. The standard InChI is InChI=1S/C23H24N2O6/c1-4-5-12-31-17-9-7-16(8-10-17)25-22(27)18(21(26)24-23(25)28)13-15-6-11-19(29-2)20(14-15)30-3/h6-11,13-14H,4-5,12H2,1-3H3,(H,24,26,28)/b18-13-. The van der Waals surface area contributed by atoms with E-state index in [-0.39, 0.29) is 5.57 Å². The lowest BCUT2D eigenvalue weighted by Crippen LogP contribution is -2.54. The quantitative estimate of drug-likeness (QED) is 0.396. The minimum atomic E-state index is -0.806. The molecule has 1 heterocycles. The van der Waals surface area contributed by atoms with Crippen molar-refractivity contribution in [1.82, 2.24) is 5.32 Å². The van der Waals surface area contributed by atoms with Crippen LogP contribution in [0.4, 0.5) is 10.5 Å². The van der Waals surface area contributed by atoms with Gasteiger partial charge in [0.2, 0.25) is 0 Å². The summed E-state index contributed by atoms with van der Waals surface area (Å²) in [5, 5.41) is 2.21. The molecule has 0 radical (unpaired) electrons. The Bertz CT molecular complexity index is 1010. The lowest BCUT2D eigenvalue weighted by molar-refractivity contribution is -0.122. The summed E-state index contributed by atoms with van der Waals surface area (Å²) in [6.45, 7) is 2.66. The molecule has 1 aliphatic rings. The minimum absolute atomic E-state index is 0.171. The van der Waals surface area contributed by atoms with Gasteiger partial charge in [0, 0.05) is 0 Å². The van der Waals surface area contributed by atoms with Crippen molar-refractivity contribution < 1.29 is 28.6 Å². The number of hydrogen-bond donors (Lipinski definition) is 1. The predicted octanol–water partition coefficient (Wildman–Crippen LogP) is 3.55. The highest BCUT2D eigenvalue weighted by Gasteiger charge is 2.36. The molecule has 1 N–H and O–H groups in total. The lowest BCUT2D eigenvalue weighted by Gasteiger charge is -2.26. The van der Waals surface area contributed by atoms with Gasteiger partial charge in [-0.05, 0) is 54.5 Å². The zero-order valence-corrected chi connectivity index (χ0v) is 17.6. The van der Waals surface area contributed by atoms with Gasteiger partial charge in [-0.3, -0.25) is 14.9 Å². The van der Waals surface area contributed by atoms with E-state index in [4.69, 9.17) is 14.2 Å². The number of anilines is 1. The van der Waals surface area contributed by atoms with Crippen LogP contribution in [0.5, 0.6) is 17.2 Å². The summed E-state index contributed by atoms with van der Waals surface area (Å²) in [5.74, 6) is 0.122. The van der Waals surface area contributed by atoms with E-state index in [2.05, 4.69) is 12.2 Å². The summed E-state index contributed by atoms with van der Waals surface area (Å²) in [6.07, 6.45) is 3.35. The van der Waals surface area contributed by atoms with Gasteiger partial charge in [0.05, 0.1) is 26.5 Å². The smallest absolute Gasteiger partial charge is 0.335 e. The molecule has 0 saturated carbocycles. The second kappa shape index (κ2) is 9.80. The summed E-state index contributed by atoms with van der Waals surface area (Å²) in [7, 11) is 3.00. The summed E-state index contributed by atoms with van der Waals surface area (Å²) in [5.41, 5.74) is 0.705. The SMILES string of the molecule is CCCCOc1ccc(N2C(=O)NC(=O)/C(=C/c3ccc(OC)c(OC)c3)C2=O)cc1. The molecule has 0 aliphatic carbocycles. The maximum Gasteiger partial charge on any atom is 0.335 e. The number of carbonyl (C=O) groups excluding carboxylic acids is 3. The van der Waals surface area contributed by atoms with Crippen LogP contribution in [0.15, 0.2) is 48.0 Å². The fourth-order valence-electron chi connectivity index (χ4n) is 3.03. The molecule has 162 valence electrons. The Hall–Kier alpha value is -3.81. The molecule has 8 nitrogen and oxygen atoms in total. The topological polar surface area (TPSA) is 94.2 Å². The molecule has 2 aromatic rings. The van der Waals surface area contributed by atoms with Crippen LogP contribution in [0.2, 0.25) is 0 Å². The van der Waals surface area contributed by atoms with Gasteiger partial charge in [-0.25, -0.2) is 9.69 Å². The van der Waals surface area contributed by atoms with E-state index in [0.29, 0.717) is 35.1 Å². The molecule has 0 spiro atoms. The highest BCUT2D eigenvalue weighted by molar-refractivity contribution is 6.39. The van der Waals surface area contributed by atoms with Gasteiger partial charge in [0.1, 0.15) is 11.3 Å². The Balaban J connectivity index is 1.87. The van der Waals surface area contributed by atoms with E-state index in [9.17, 15) is 14.4 Å². The van der Waals surface area contributed by atoms with Gasteiger partial charge in [-0.15, -0.1) is 0 Å². The molecule has 1 aliphatic heterocycles. The molecule has 4 amide bonds. The van der Waals surface area contributed by atoms with Crippen LogP contribution in [0.3, 0.4) is 0 Å². The number of nitrogens with one attached hydrogen (secondary N) is 1. The number of carbonyl (C=O) groups is 3. The Morgan fingerprint density at radius 2 is 1.68 bits per heavy atom. The van der Waals surface area contributed by atoms with Crippen molar-refractivity contribution in [1.29, 1.82) is 0 Å². The van der Waals surface area contributed by atoms with E-state index >= 15 is 0 Å². The van der Waals surface area contributed by atoms with Gasteiger partial charge < -0.3 is 14.2 Å². The summed E-state index contributed by atoms with van der Waals surface area (Å²) in [4.78, 5) is 38.7. The van der Waals surface area contributed by atoms with E-state index < -0.39 is 17.8 Å².